The molecule has 0 spiro atoms. The monoisotopic (exact) mass is 522 g/mol. The van der Waals surface area contributed by atoms with Gasteiger partial charge in [-0.15, -0.1) is 4.99 Å². The number of amides is 1. The summed E-state index contributed by atoms with van der Waals surface area (Å²) in [7, 11) is -2.95. The van der Waals surface area contributed by atoms with E-state index >= 15 is 0 Å². The lowest BCUT2D eigenvalue weighted by atomic mass is 9.76. The van der Waals surface area contributed by atoms with Crippen LogP contribution in [0.1, 0.15) is 82.3 Å². The standard InChI is InChI=1S/C29H38N4O3S/c1-29(2)15-13-21(14-16-29)24-19-22(20-5-8-23(9-6-20)31-17-18-37(4,35)36)7-10-25(24)33-28(34)26-11-12-27(30-3)32-26/h7,10,12-13,19-20,23,31H,5-6,8-9,11,14-18H2,1-2,4H3,(H,33,34). The minimum Gasteiger partial charge on any atom is -0.361 e. The number of nitrogens with zero attached hydrogens (tertiary/aromatic N) is 2. The van der Waals surface area contributed by atoms with E-state index in [4.69, 9.17) is 6.57 Å². The van der Waals surface area contributed by atoms with Gasteiger partial charge >= 0.3 is 0 Å². The average molecular weight is 523 g/mol. The molecule has 1 saturated carbocycles. The summed E-state index contributed by atoms with van der Waals surface area (Å²) in [6.45, 7) is 12.2. The molecule has 1 aromatic rings. The van der Waals surface area contributed by atoms with Crippen LogP contribution < -0.4 is 10.6 Å². The zero-order chi connectivity index (χ0) is 26.6. The van der Waals surface area contributed by atoms with Crippen LogP contribution in [0.2, 0.25) is 0 Å². The van der Waals surface area contributed by atoms with Gasteiger partial charge < -0.3 is 15.5 Å². The highest BCUT2D eigenvalue weighted by Gasteiger charge is 2.27. The van der Waals surface area contributed by atoms with Crippen molar-refractivity contribution in [2.24, 2.45) is 10.4 Å². The summed E-state index contributed by atoms with van der Waals surface area (Å²) in [5, 5.41) is 6.50. The molecule has 8 heteroatoms. The molecule has 3 aliphatic rings. The highest BCUT2D eigenvalue weighted by atomic mass is 32.2. The molecular weight excluding hydrogens is 484 g/mol. The van der Waals surface area contributed by atoms with Crippen LogP contribution in [-0.4, -0.2) is 44.6 Å². The van der Waals surface area contributed by atoms with Gasteiger partial charge in [0.05, 0.1) is 5.75 Å². The second-order valence-electron chi connectivity index (χ2n) is 11.4. The molecule has 0 bridgehead atoms. The molecule has 2 N–H and O–H groups in total. The third-order valence-corrected chi connectivity index (χ3v) is 8.76. The van der Waals surface area contributed by atoms with Crippen molar-refractivity contribution in [1.29, 1.82) is 0 Å². The first-order valence-corrected chi connectivity index (χ1v) is 15.3. The minimum atomic E-state index is -2.95. The Kier molecular flexibility index (Phi) is 8.35. The van der Waals surface area contributed by atoms with Gasteiger partial charge in [-0.05, 0) is 79.5 Å². The van der Waals surface area contributed by atoms with Gasteiger partial charge in [-0.2, -0.15) is 0 Å². The Hall–Kier alpha value is -2.76. The van der Waals surface area contributed by atoms with E-state index in [0.717, 1.165) is 56.2 Å². The van der Waals surface area contributed by atoms with Gasteiger partial charge in [-0.3, -0.25) is 4.79 Å². The first kappa shape index (κ1) is 27.3. The summed E-state index contributed by atoms with van der Waals surface area (Å²) in [4.78, 5) is 20.4. The zero-order valence-corrected chi connectivity index (χ0v) is 23.0. The maximum atomic E-state index is 12.9. The molecule has 1 fully saturated rings. The van der Waals surface area contributed by atoms with Crippen LogP contribution >= 0.6 is 0 Å². The highest BCUT2D eigenvalue weighted by Crippen LogP contribution is 2.42. The average Bonchev–Trinajstić information content (AvgIpc) is 3.34. The van der Waals surface area contributed by atoms with Crippen molar-refractivity contribution in [2.75, 3.05) is 23.9 Å². The Labute approximate surface area is 221 Å². The van der Waals surface area contributed by atoms with E-state index in [-0.39, 0.29) is 22.9 Å². The summed E-state index contributed by atoms with van der Waals surface area (Å²) >= 11 is 0. The summed E-state index contributed by atoms with van der Waals surface area (Å²) in [6, 6.07) is 6.79. The number of nitrogens with one attached hydrogen (secondary N) is 2. The largest absolute Gasteiger partial charge is 0.361 e. The number of carbonyl (C=O) groups is 1. The Bertz CT molecular complexity index is 1280. The van der Waals surface area contributed by atoms with Crippen LogP contribution in [0, 0.1) is 12.0 Å². The van der Waals surface area contributed by atoms with Gasteiger partial charge in [0.2, 0.25) is 0 Å². The van der Waals surface area contributed by atoms with Gasteiger partial charge in [-0.25, -0.2) is 8.42 Å². The summed E-state index contributed by atoms with van der Waals surface area (Å²) in [6.07, 6.45) is 12.9. The molecule has 1 heterocycles. The van der Waals surface area contributed by atoms with Crippen molar-refractivity contribution >= 4 is 32.7 Å². The van der Waals surface area contributed by atoms with E-state index in [1.165, 1.54) is 17.4 Å². The van der Waals surface area contributed by atoms with Gasteiger partial charge in [0.25, 0.3) is 11.7 Å². The van der Waals surface area contributed by atoms with E-state index in [0.29, 0.717) is 30.6 Å². The Morgan fingerprint density at radius 3 is 2.57 bits per heavy atom. The molecule has 1 amide bonds. The predicted octanol–water partition coefficient (Wildman–Crippen LogP) is 5.48. The third kappa shape index (κ3) is 7.39. The Balaban J connectivity index is 1.49. The molecule has 0 aromatic heterocycles. The fraction of sp³-hybridized carbons (Fsp3) is 0.552. The molecule has 198 valence electrons. The second kappa shape index (κ2) is 11.3. The number of anilines is 1. The minimum absolute atomic E-state index is 0.178. The lowest BCUT2D eigenvalue weighted by Crippen LogP contribution is -2.35. The van der Waals surface area contributed by atoms with Crippen molar-refractivity contribution in [1.82, 2.24) is 5.32 Å². The Morgan fingerprint density at radius 2 is 1.95 bits per heavy atom. The predicted molar refractivity (Wildman–Crippen MR) is 150 cm³/mol. The number of hydrogen-bond donors (Lipinski definition) is 2. The van der Waals surface area contributed by atoms with Crippen LogP contribution in [0.25, 0.3) is 10.4 Å². The number of sulfone groups is 1. The van der Waals surface area contributed by atoms with Gasteiger partial charge in [0.15, 0.2) is 5.71 Å². The number of rotatable bonds is 8. The van der Waals surface area contributed by atoms with E-state index in [9.17, 15) is 13.2 Å². The van der Waals surface area contributed by atoms with Crippen LogP contribution in [-0.2, 0) is 14.6 Å². The number of carbonyl (C=O) groups excluding carboxylic acids is 1. The van der Waals surface area contributed by atoms with E-state index in [2.05, 4.69) is 52.5 Å². The van der Waals surface area contributed by atoms with Crippen molar-refractivity contribution in [3.8, 4) is 0 Å². The maximum absolute atomic E-state index is 12.9. The van der Waals surface area contributed by atoms with Crippen LogP contribution in [0.3, 0.4) is 0 Å². The first-order chi connectivity index (χ1) is 17.5. The molecule has 7 nitrogen and oxygen atoms in total. The maximum Gasteiger partial charge on any atom is 0.293 e. The fourth-order valence-electron chi connectivity index (χ4n) is 5.42. The molecular formula is C29H38N4O3S. The number of allylic oxidation sites excluding steroid dienone is 3. The van der Waals surface area contributed by atoms with Crippen LogP contribution in [0.15, 0.2) is 41.2 Å². The number of benzene rings is 1. The quantitative estimate of drug-likeness (QED) is 0.442. The van der Waals surface area contributed by atoms with E-state index in [1.807, 2.05) is 6.07 Å². The van der Waals surface area contributed by atoms with Crippen molar-refractivity contribution in [3.63, 3.8) is 0 Å². The first-order valence-electron chi connectivity index (χ1n) is 13.2. The van der Waals surface area contributed by atoms with E-state index in [1.54, 1.807) is 6.08 Å². The molecule has 2 aliphatic carbocycles. The fourth-order valence-corrected chi connectivity index (χ4v) is 5.91. The van der Waals surface area contributed by atoms with Crippen molar-refractivity contribution in [2.45, 2.75) is 77.2 Å². The lowest BCUT2D eigenvalue weighted by Gasteiger charge is -2.31. The van der Waals surface area contributed by atoms with Gasteiger partial charge in [0, 0.05) is 36.5 Å². The van der Waals surface area contributed by atoms with E-state index < -0.39 is 9.84 Å². The SMILES string of the molecule is [C-]#[N+]C1=CCC(C(=O)Nc2ccc(C3CCC(NCCS(C)(=O)=O)CC3)cc2C2=CCC(C)(C)CC2)=N1. The summed E-state index contributed by atoms with van der Waals surface area (Å²) in [5.74, 6) is 0.652. The molecule has 0 radical (unpaired) electrons. The van der Waals surface area contributed by atoms with Crippen LogP contribution in [0.5, 0.6) is 0 Å². The highest BCUT2D eigenvalue weighted by molar-refractivity contribution is 7.90. The molecule has 0 unspecified atom stereocenters. The molecule has 37 heavy (non-hydrogen) atoms. The number of aliphatic imine (C=N–C) groups is 1. The number of hydrogen-bond acceptors (Lipinski definition) is 5. The molecule has 0 atom stereocenters. The molecule has 0 saturated heterocycles. The van der Waals surface area contributed by atoms with Crippen molar-refractivity contribution < 1.29 is 13.2 Å². The Morgan fingerprint density at radius 1 is 1.19 bits per heavy atom. The van der Waals surface area contributed by atoms with Crippen LogP contribution in [0.4, 0.5) is 5.69 Å². The van der Waals surface area contributed by atoms with Gasteiger partial charge in [0.1, 0.15) is 9.84 Å². The molecule has 1 aromatic carbocycles. The van der Waals surface area contributed by atoms with Gasteiger partial charge in [-0.1, -0.05) is 38.6 Å². The molecule has 4 rings (SSSR count). The topological polar surface area (TPSA) is 92.0 Å². The lowest BCUT2D eigenvalue weighted by molar-refractivity contribution is -0.110. The summed E-state index contributed by atoms with van der Waals surface area (Å²) < 4.78 is 22.8. The third-order valence-electron chi connectivity index (χ3n) is 7.82. The molecule has 1 aliphatic heterocycles. The second-order valence-corrected chi connectivity index (χ2v) is 13.7. The normalized spacial score (nSPS) is 23.5. The summed E-state index contributed by atoms with van der Waals surface area (Å²) in [5.41, 5.74) is 5.13. The zero-order valence-electron chi connectivity index (χ0n) is 22.1. The van der Waals surface area contributed by atoms with Crippen molar-refractivity contribution in [3.05, 3.63) is 58.7 Å². The smallest absolute Gasteiger partial charge is 0.293 e.